The molecule has 0 atom stereocenters. The average Bonchev–Trinajstić information content (AvgIpc) is 2.07. The molecule has 0 aliphatic carbocycles. The molecule has 0 saturated carbocycles. The molecule has 1 aromatic rings. The molecule has 0 aliphatic rings. The van der Waals surface area contributed by atoms with Crippen LogP contribution in [0, 0.1) is 6.92 Å². The summed E-state index contributed by atoms with van der Waals surface area (Å²) in [6, 6.07) is 6.04. The fraction of sp³-hybridized carbons (Fsp3) is 0.333. The summed E-state index contributed by atoms with van der Waals surface area (Å²) < 4.78 is 0. The highest BCUT2D eigenvalue weighted by Crippen LogP contribution is 2.25. The maximum absolute atomic E-state index is 5.77. The van der Waals surface area contributed by atoms with E-state index in [0.717, 1.165) is 16.3 Å². The standard InChI is InChI=1S/C9H12ClNS/c1-7-2-3-8(11)9(6-7)12-5-4-10/h2-3,6H,4-5,11H2,1H3. The lowest BCUT2D eigenvalue weighted by molar-refractivity contribution is 1.36. The van der Waals surface area contributed by atoms with Crippen LogP contribution in [0.5, 0.6) is 0 Å². The topological polar surface area (TPSA) is 26.0 Å². The summed E-state index contributed by atoms with van der Waals surface area (Å²) in [6.07, 6.45) is 0. The molecule has 0 saturated heterocycles. The van der Waals surface area contributed by atoms with Crippen molar-refractivity contribution in [2.45, 2.75) is 11.8 Å². The van der Waals surface area contributed by atoms with Gasteiger partial charge in [0.1, 0.15) is 0 Å². The van der Waals surface area contributed by atoms with Crippen LogP contribution in [0.15, 0.2) is 23.1 Å². The third-order valence-electron chi connectivity index (χ3n) is 1.50. The zero-order chi connectivity index (χ0) is 8.97. The number of rotatable bonds is 3. The van der Waals surface area contributed by atoms with Crippen molar-refractivity contribution < 1.29 is 0 Å². The van der Waals surface area contributed by atoms with Gasteiger partial charge in [0.25, 0.3) is 0 Å². The highest BCUT2D eigenvalue weighted by Gasteiger charge is 1.98. The summed E-state index contributed by atoms with van der Waals surface area (Å²) in [5, 5.41) is 0. The van der Waals surface area contributed by atoms with E-state index in [-0.39, 0.29) is 0 Å². The number of nitrogens with two attached hydrogens (primary N) is 1. The van der Waals surface area contributed by atoms with Gasteiger partial charge in [-0.15, -0.1) is 23.4 Å². The Kier molecular flexibility index (Phi) is 3.76. The molecule has 0 radical (unpaired) electrons. The molecular formula is C9H12ClNS. The summed E-state index contributed by atoms with van der Waals surface area (Å²) in [5.74, 6) is 1.58. The van der Waals surface area contributed by atoms with E-state index in [0.29, 0.717) is 5.88 Å². The number of hydrogen-bond acceptors (Lipinski definition) is 2. The van der Waals surface area contributed by atoms with Gasteiger partial charge in [-0.05, 0) is 24.6 Å². The average molecular weight is 202 g/mol. The Balaban J connectivity index is 2.75. The molecule has 1 aromatic carbocycles. The summed E-state index contributed by atoms with van der Waals surface area (Å²) in [7, 11) is 0. The maximum Gasteiger partial charge on any atom is 0.0452 e. The first-order valence-electron chi connectivity index (χ1n) is 3.79. The van der Waals surface area contributed by atoms with Crippen molar-refractivity contribution in [3.8, 4) is 0 Å². The predicted octanol–water partition coefficient (Wildman–Crippen LogP) is 2.91. The fourth-order valence-corrected chi connectivity index (χ4v) is 1.95. The fourth-order valence-electron chi connectivity index (χ4n) is 0.915. The third-order valence-corrected chi connectivity index (χ3v) is 2.99. The van der Waals surface area contributed by atoms with Crippen LogP contribution in [0.1, 0.15) is 5.56 Å². The first kappa shape index (κ1) is 9.75. The van der Waals surface area contributed by atoms with Gasteiger partial charge in [0.05, 0.1) is 0 Å². The second-order valence-electron chi connectivity index (χ2n) is 2.58. The molecule has 0 fully saturated rings. The number of halogens is 1. The van der Waals surface area contributed by atoms with Crippen LogP contribution in [0.4, 0.5) is 5.69 Å². The molecule has 1 rings (SSSR count). The van der Waals surface area contributed by atoms with Crippen molar-refractivity contribution in [3.63, 3.8) is 0 Å². The van der Waals surface area contributed by atoms with Gasteiger partial charge >= 0.3 is 0 Å². The first-order chi connectivity index (χ1) is 5.74. The largest absolute Gasteiger partial charge is 0.398 e. The summed E-state index contributed by atoms with van der Waals surface area (Å²) in [4.78, 5) is 1.13. The molecule has 0 spiro atoms. The van der Waals surface area contributed by atoms with Crippen LogP contribution < -0.4 is 5.73 Å². The van der Waals surface area contributed by atoms with E-state index < -0.39 is 0 Å². The quantitative estimate of drug-likeness (QED) is 0.463. The Morgan fingerprint density at radius 3 is 2.92 bits per heavy atom. The van der Waals surface area contributed by atoms with Crippen LogP contribution in [0.3, 0.4) is 0 Å². The number of aryl methyl sites for hydroxylation is 1. The number of anilines is 1. The lowest BCUT2D eigenvalue weighted by Gasteiger charge is -2.04. The molecule has 2 N–H and O–H groups in total. The van der Waals surface area contributed by atoms with Gasteiger partial charge < -0.3 is 5.73 Å². The third kappa shape index (κ3) is 2.61. The van der Waals surface area contributed by atoms with Gasteiger partial charge in [-0.3, -0.25) is 0 Å². The Morgan fingerprint density at radius 1 is 1.50 bits per heavy atom. The molecule has 0 aromatic heterocycles. The summed E-state index contributed by atoms with van der Waals surface area (Å²) in [6.45, 7) is 2.06. The van der Waals surface area contributed by atoms with Crippen molar-refractivity contribution in [1.82, 2.24) is 0 Å². The number of hydrogen-bond donors (Lipinski definition) is 1. The molecule has 0 unspecified atom stereocenters. The van der Waals surface area contributed by atoms with Crippen LogP contribution in [-0.2, 0) is 0 Å². The number of benzene rings is 1. The SMILES string of the molecule is Cc1ccc(N)c(SCCCl)c1. The molecule has 12 heavy (non-hydrogen) atoms. The molecule has 66 valence electrons. The maximum atomic E-state index is 5.77. The van der Waals surface area contributed by atoms with Crippen LogP contribution in [-0.4, -0.2) is 11.6 Å². The van der Waals surface area contributed by atoms with Crippen LogP contribution in [0.2, 0.25) is 0 Å². The van der Waals surface area contributed by atoms with Gasteiger partial charge in [0.2, 0.25) is 0 Å². The smallest absolute Gasteiger partial charge is 0.0452 e. The van der Waals surface area contributed by atoms with Gasteiger partial charge in [-0.2, -0.15) is 0 Å². The molecule has 0 amide bonds. The molecule has 0 heterocycles. The van der Waals surface area contributed by atoms with Crippen LogP contribution >= 0.6 is 23.4 Å². The van der Waals surface area contributed by atoms with E-state index in [2.05, 4.69) is 13.0 Å². The van der Waals surface area contributed by atoms with E-state index in [4.69, 9.17) is 17.3 Å². The monoisotopic (exact) mass is 201 g/mol. The van der Waals surface area contributed by atoms with E-state index >= 15 is 0 Å². The van der Waals surface area contributed by atoms with E-state index in [9.17, 15) is 0 Å². The van der Waals surface area contributed by atoms with E-state index in [1.54, 1.807) is 11.8 Å². The van der Waals surface area contributed by atoms with Crippen molar-refractivity contribution in [2.24, 2.45) is 0 Å². The highest BCUT2D eigenvalue weighted by molar-refractivity contribution is 7.99. The molecule has 0 aliphatic heterocycles. The Hall–Kier alpha value is -0.340. The molecule has 1 nitrogen and oxygen atoms in total. The van der Waals surface area contributed by atoms with E-state index in [1.807, 2.05) is 12.1 Å². The van der Waals surface area contributed by atoms with Crippen molar-refractivity contribution in [2.75, 3.05) is 17.4 Å². The Labute approximate surface area is 82.3 Å². The second kappa shape index (κ2) is 4.63. The summed E-state index contributed by atoms with van der Waals surface area (Å²) >= 11 is 7.29. The predicted molar refractivity (Wildman–Crippen MR) is 57.0 cm³/mol. The number of alkyl halides is 1. The molecule has 0 bridgehead atoms. The lowest BCUT2D eigenvalue weighted by atomic mass is 10.2. The highest BCUT2D eigenvalue weighted by atomic mass is 35.5. The molecular weight excluding hydrogens is 190 g/mol. The van der Waals surface area contributed by atoms with Gasteiger partial charge in [-0.25, -0.2) is 0 Å². The first-order valence-corrected chi connectivity index (χ1v) is 5.31. The summed E-state index contributed by atoms with van der Waals surface area (Å²) in [5.41, 5.74) is 7.85. The lowest BCUT2D eigenvalue weighted by Crippen LogP contribution is -1.90. The van der Waals surface area contributed by atoms with Gasteiger partial charge in [0, 0.05) is 22.2 Å². The Morgan fingerprint density at radius 2 is 2.25 bits per heavy atom. The van der Waals surface area contributed by atoms with Crippen molar-refractivity contribution in [3.05, 3.63) is 23.8 Å². The molecule has 3 heteroatoms. The van der Waals surface area contributed by atoms with Crippen LogP contribution in [0.25, 0.3) is 0 Å². The van der Waals surface area contributed by atoms with Crippen molar-refractivity contribution in [1.29, 1.82) is 0 Å². The minimum atomic E-state index is 0.665. The van der Waals surface area contributed by atoms with Crippen molar-refractivity contribution >= 4 is 29.1 Å². The minimum absolute atomic E-state index is 0.665. The zero-order valence-corrected chi connectivity index (χ0v) is 8.58. The minimum Gasteiger partial charge on any atom is -0.398 e. The second-order valence-corrected chi connectivity index (χ2v) is 4.09. The van der Waals surface area contributed by atoms with E-state index in [1.165, 1.54) is 5.56 Å². The normalized spacial score (nSPS) is 10.2. The number of thioether (sulfide) groups is 1. The van der Waals surface area contributed by atoms with Gasteiger partial charge in [0.15, 0.2) is 0 Å². The Bertz CT molecular complexity index is 263. The number of nitrogen functional groups attached to an aromatic ring is 1. The van der Waals surface area contributed by atoms with Gasteiger partial charge in [-0.1, -0.05) is 6.07 Å². The zero-order valence-electron chi connectivity index (χ0n) is 7.01.